The van der Waals surface area contributed by atoms with Crippen molar-refractivity contribution in [3.63, 3.8) is 0 Å². The summed E-state index contributed by atoms with van der Waals surface area (Å²) in [5, 5.41) is 2.64. The summed E-state index contributed by atoms with van der Waals surface area (Å²) in [6, 6.07) is 21.0. The van der Waals surface area contributed by atoms with E-state index in [-0.39, 0.29) is 12.5 Å². The zero-order valence-electron chi connectivity index (χ0n) is 15.4. The summed E-state index contributed by atoms with van der Waals surface area (Å²) in [4.78, 5) is 28.7. The van der Waals surface area contributed by atoms with E-state index < -0.39 is 5.91 Å². The van der Waals surface area contributed by atoms with E-state index in [4.69, 9.17) is 0 Å². The van der Waals surface area contributed by atoms with Crippen molar-refractivity contribution in [2.75, 3.05) is 6.54 Å². The first-order valence-electron chi connectivity index (χ1n) is 8.84. The fourth-order valence-corrected chi connectivity index (χ4v) is 3.29. The van der Waals surface area contributed by atoms with Gasteiger partial charge < -0.3 is 9.88 Å². The number of halogens is 1. The molecule has 5 nitrogen and oxygen atoms in total. The van der Waals surface area contributed by atoms with Crippen LogP contribution in [0.4, 0.5) is 0 Å². The van der Waals surface area contributed by atoms with Gasteiger partial charge in [-0.25, -0.2) is 0 Å². The third-order valence-electron chi connectivity index (χ3n) is 4.15. The van der Waals surface area contributed by atoms with Crippen LogP contribution in [0.5, 0.6) is 0 Å². The third-order valence-corrected chi connectivity index (χ3v) is 5.09. The van der Waals surface area contributed by atoms with Crippen molar-refractivity contribution in [2.45, 2.75) is 13.5 Å². The maximum Gasteiger partial charge on any atom is 0.267 e. The van der Waals surface area contributed by atoms with Gasteiger partial charge in [-0.05, 0) is 59.3 Å². The molecule has 1 aromatic heterocycles. The first-order valence-corrected chi connectivity index (χ1v) is 9.92. The molecular formula is C22H20IN3O2. The minimum atomic E-state index is -0.400. The summed E-state index contributed by atoms with van der Waals surface area (Å²) in [6.45, 7) is 2.51. The van der Waals surface area contributed by atoms with Crippen LogP contribution >= 0.6 is 22.6 Å². The maximum absolute atomic E-state index is 12.3. The minimum absolute atomic E-state index is 0.150. The Morgan fingerprint density at radius 3 is 2.46 bits per heavy atom. The van der Waals surface area contributed by atoms with Crippen molar-refractivity contribution in [3.05, 3.63) is 98.7 Å². The molecule has 0 aliphatic rings. The second-order valence-corrected chi connectivity index (χ2v) is 7.50. The van der Waals surface area contributed by atoms with Crippen molar-refractivity contribution in [3.8, 4) is 0 Å². The van der Waals surface area contributed by atoms with Crippen LogP contribution in [0.25, 0.3) is 0 Å². The van der Waals surface area contributed by atoms with Gasteiger partial charge in [0.2, 0.25) is 0 Å². The van der Waals surface area contributed by atoms with E-state index in [1.807, 2.05) is 42.0 Å². The molecule has 2 amide bonds. The largest absolute Gasteiger partial charge is 0.343 e. The maximum atomic E-state index is 12.3. The number of nitrogens with zero attached hydrogens (tertiary/aromatic N) is 2. The average Bonchev–Trinajstić information content (AvgIpc) is 2.70. The highest BCUT2D eigenvalue weighted by Gasteiger charge is 2.10. The number of carbonyl (C=O) groups is 2. The van der Waals surface area contributed by atoms with Crippen molar-refractivity contribution in [1.29, 1.82) is 0 Å². The monoisotopic (exact) mass is 485 g/mol. The van der Waals surface area contributed by atoms with Gasteiger partial charge in [-0.1, -0.05) is 48.0 Å². The molecule has 6 heteroatoms. The van der Waals surface area contributed by atoms with Crippen LogP contribution in [0.2, 0.25) is 0 Å². The van der Waals surface area contributed by atoms with Gasteiger partial charge in [0.05, 0.1) is 12.1 Å². The Kier molecular flexibility index (Phi) is 6.76. The number of hydrogen-bond donors (Lipinski definition) is 1. The number of aromatic nitrogens is 1. The van der Waals surface area contributed by atoms with Crippen LogP contribution < -0.4 is 10.8 Å². The SMILES string of the molecule is Cc1ccc(Cn2ccccc2=NC(=O)CNC(=O)c2ccccc2I)cc1. The highest BCUT2D eigenvalue weighted by Crippen LogP contribution is 2.10. The fraction of sp³-hybridized carbons (Fsp3) is 0.136. The molecule has 2 aromatic carbocycles. The highest BCUT2D eigenvalue weighted by atomic mass is 127. The number of amides is 2. The summed E-state index contributed by atoms with van der Waals surface area (Å²) < 4.78 is 2.74. The van der Waals surface area contributed by atoms with E-state index in [2.05, 4.69) is 57.2 Å². The lowest BCUT2D eigenvalue weighted by atomic mass is 10.1. The number of hydrogen-bond acceptors (Lipinski definition) is 2. The molecule has 0 aliphatic heterocycles. The second-order valence-electron chi connectivity index (χ2n) is 6.34. The number of benzene rings is 2. The average molecular weight is 485 g/mol. The van der Waals surface area contributed by atoms with Gasteiger partial charge in [0.15, 0.2) is 0 Å². The summed E-state index contributed by atoms with van der Waals surface area (Å²) >= 11 is 2.10. The molecule has 142 valence electrons. The third kappa shape index (κ3) is 5.39. The van der Waals surface area contributed by atoms with Gasteiger partial charge in [-0.15, -0.1) is 0 Å². The molecule has 0 saturated carbocycles. The molecule has 3 aromatic rings. The van der Waals surface area contributed by atoms with E-state index in [1.165, 1.54) is 5.56 Å². The number of aryl methyl sites for hydroxylation is 1. The Bertz CT molecular complexity index is 1060. The lowest BCUT2D eigenvalue weighted by Crippen LogP contribution is -2.31. The Hall–Kier alpha value is -2.74. The molecule has 0 radical (unpaired) electrons. The van der Waals surface area contributed by atoms with Gasteiger partial charge in [-0.3, -0.25) is 9.59 Å². The molecule has 1 heterocycles. The first kappa shape index (κ1) is 20.0. The van der Waals surface area contributed by atoms with Crippen LogP contribution in [-0.4, -0.2) is 22.9 Å². The van der Waals surface area contributed by atoms with Crippen LogP contribution in [0, 0.1) is 10.5 Å². The number of nitrogens with one attached hydrogen (secondary N) is 1. The molecule has 3 rings (SSSR count). The smallest absolute Gasteiger partial charge is 0.267 e. The molecule has 0 bridgehead atoms. The summed E-state index contributed by atoms with van der Waals surface area (Å²) in [6.07, 6.45) is 1.89. The van der Waals surface area contributed by atoms with Crippen molar-refractivity contribution < 1.29 is 9.59 Å². The number of carbonyl (C=O) groups excluding carboxylic acids is 2. The van der Waals surface area contributed by atoms with Gasteiger partial charge in [0.25, 0.3) is 11.8 Å². The molecule has 0 unspecified atom stereocenters. The van der Waals surface area contributed by atoms with E-state index in [0.29, 0.717) is 17.6 Å². The molecular weight excluding hydrogens is 465 g/mol. The van der Waals surface area contributed by atoms with Crippen LogP contribution in [-0.2, 0) is 11.3 Å². The minimum Gasteiger partial charge on any atom is -0.343 e. The van der Waals surface area contributed by atoms with E-state index in [1.54, 1.807) is 18.2 Å². The molecule has 28 heavy (non-hydrogen) atoms. The summed E-state index contributed by atoms with van der Waals surface area (Å²) in [5.41, 5.74) is 3.42. The standard InChI is InChI=1S/C22H20IN3O2/c1-16-9-11-17(12-10-16)15-26-13-5-4-8-20(26)25-21(27)14-24-22(28)18-6-2-3-7-19(18)23/h2-13H,14-15H2,1H3,(H,24,28). The number of pyridine rings is 1. The summed E-state index contributed by atoms with van der Waals surface area (Å²) in [7, 11) is 0. The van der Waals surface area contributed by atoms with Gasteiger partial charge >= 0.3 is 0 Å². The molecule has 1 N–H and O–H groups in total. The van der Waals surface area contributed by atoms with Crippen molar-refractivity contribution in [1.82, 2.24) is 9.88 Å². The van der Waals surface area contributed by atoms with Crippen molar-refractivity contribution >= 4 is 34.4 Å². The zero-order valence-corrected chi connectivity index (χ0v) is 17.6. The van der Waals surface area contributed by atoms with Gasteiger partial charge in [0.1, 0.15) is 5.49 Å². The van der Waals surface area contributed by atoms with E-state index in [9.17, 15) is 9.59 Å². The first-order chi connectivity index (χ1) is 13.5. The van der Waals surface area contributed by atoms with E-state index >= 15 is 0 Å². The Morgan fingerprint density at radius 2 is 1.71 bits per heavy atom. The molecule has 0 atom stereocenters. The molecule has 0 aliphatic carbocycles. The number of rotatable bonds is 5. The van der Waals surface area contributed by atoms with Crippen molar-refractivity contribution in [2.24, 2.45) is 4.99 Å². The van der Waals surface area contributed by atoms with Crippen LogP contribution in [0.1, 0.15) is 21.5 Å². The topological polar surface area (TPSA) is 63.5 Å². The molecule has 0 fully saturated rings. The lowest BCUT2D eigenvalue weighted by Gasteiger charge is -2.08. The Labute approximate surface area is 177 Å². The summed E-state index contributed by atoms with van der Waals surface area (Å²) in [5.74, 6) is -0.683. The van der Waals surface area contributed by atoms with Crippen LogP contribution in [0.3, 0.4) is 0 Å². The Balaban J connectivity index is 1.71. The lowest BCUT2D eigenvalue weighted by molar-refractivity contribution is -0.117. The normalized spacial score (nSPS) is 11.3. The molecule has 0 saturated heterocycles. The zero-order chi connectivity index (χ0) is 19.9. The van der Waals surface area contributed by atoms with Crippen LogP contribution in [0.15, 0.2) is 77.9 Å². The quantitative estimate of drug-likeness (QED) is 0.564. The molecule has 0 spiro atoms. The van der Waals surface area contributed by atoms with Gasteiger partial charge in [0, 0.05) is 16.3 Å². The van der Waals surface area contributed by atoms with Gasteiger partial charge in [-0.2, -0.15) is 4.99 Å². The van der Waals surface area contributed by atoms with E-state index in [0.717, 1.165) is 9.13 Å². The second kappa shape index (κ2) is 9.45. The Morgan fingerprint density at radius 1 is 1.00 bits per heavy atom. The predicted molar refractivity (Wildman–Crippen MR) is 117 cm³/mol. The fourth-order valence-electron chi connectivity index (χ4n) is 2.66. The highest BCUT2D eigenvalue weighted by molar-refractivity contribution is 14.1. The predicted octanol–water partition coefficient (Wildman–Crippen LogP) is 3.31.